The van der Waals surface area contributed by atoms with Gasteiger partial charge in [0, 0.05) is 35.7 Å². The molecule has 3 rings (SSSR count). The highest BCUT2D eigenvalue weighted by atomic mass is 127. The summed E-state index contributed by atoms with van der Waals surface area (Å²) >= 11 is 2.11. The Kier molecular flexibility index (Phi) is 7.09. The number of piperidine rings is 2. The lowest BCUT2D eigenvalue weighted by molar-refractivity contribution is -0.141. The van der Waals surface area contributed by atoms with Crippen molar-refractivity contribution in [1.82, 2.24) is 15.1 Å². The average molecular weight is 483 g/mol. The molecule has 0 radical (unpaired) electrons. The summed E-state index contributed by atoms with van der Waals surface area (Å²) in [4.78, 5) is 41.0. The molecule has 146 valence electrons. The lowest BCUT2D eigenvalue weighted by Crippen LogP contribution is -2.47. The van der Waals surface area contributed by atoms with Crippen LogP contribution in [0.3, 0.4) is 0 Å². The Labute approximate surface area is 173 Å². The number of amides is 3. The first-order valence-corrected chi connectivity index (χ1v) is 10.7. The Morgan fingerprint density at radius 1 is 0.963 bits per heavy atom. The molecule has 0 saturated carbocycles. The number of rotatable bonds is 4. The first kappa shape index (κ1) is 20.1. The maximum absolute atomic E-state index is 12.6. The normalized spacial score (nSPS) is 18.3. The van der Waals surface area contributed by atoms with Crippen LogP contribution in [0, 0.1) is 9.49 Å². The molecule has 2 aliphatic heterocycles. The molecule has 3 amide bonds. The second kappa shape index (κ2) is 9.52. The Hall–Kier alpha value is -1.64. The molecule has 2 fully saturated rings. The van der Waals surface area contributed by atoms with E-state index in [2.05, 4.69) is 27.9 Å². The summed E-state index contributed by atoms with van der Waals surface area (Å²) in [7, 11) is 0. The van der Waals surface area contributed by atoms with Gasteiger partial charge in [-0.1, -0.05) is 12.1 Å². The van der Waals surface area contributed by atoms with Crippen LogP contribution in [0.1, 0.15) is 42.5 Å². The van der Waals surface area contributed by atoms with Crippen LogP contribution >= 0.6 is 22.6 Å². The number of hydrogen-bond acceptors (Lipinski definition) is 3. The summed E-state index contributed by atoms with van der Waals surface area (Å²) in [5, 5.41) is 2.71. The number of carbonyl (C=O) groups is 3. The Bertz CT molecular complexity index is 695. The predicted molar refractivity (Wildman–Crippen MR) is 111 cm³/mol. The van der Waals surface area contributed by atoms with Gasteiger partial charge in [0.25, 0.3) is 5.91 Å². The molecular weight excluding hydrogens is 457 g/mol. The summed E-state index contributed by atoms with van der Waals surface area (Å²) in [5.41, 5.74) is 0.580. The molecule has 0 atom stereocenters. The monoisotopic (exact) mass is 483 g/mol. The second-order valence-electron chi connectivity index (χ2n) is 7.20. The van der Waals surface area contributed by atoms with E-state index in [1.54, 1.807) is 11.0 Å². The van der Waals surface area contributed by atoms with Crippen molar-refractivity contribution >= 4 is 40.3 Å². The molecular formula is C20H26IN3O3. The van der Waals surface area contributed by atoms with Crippen molar-refractivity contribution in [3.05, 3.63) is 33.4 Å². The Morgan fingerprint density at radius 2 is 1.63 bits per heavy atom. The number of nitrogens with one attached hydrogen (secondary N) is 1. The van der Waals surface area contributed by atoms with Crippen molar-refractivity contribution < 1.29 is 14.4 Å². The molecule has 1 aromatic rings. The topological polar surface area (TPSA) is 69.7 Å². The van der Waals surface area contributed by atoms with Crippen LogP contribution in [-0.2, 0) is 9.59 Å². The number of likely N-dealkylation sites (tertiary alicyclic amines) is 2. The number of nitrogens with zero attached hydrogens (tertiary/aromatic N) is 2. The zero-order chi connectivity index (χ0) is 19.2. The molecule has 2 heterocycles. The smallest absolute Gasteiger partial charge is 0.252 e. The lowest BCUT2D eigenvalue weighted by atomic mass is 9.94. The summed E-state index contributed by atoms with van der Waals surface area (Å²) in [6.45, 7) is 2.92. The Balaban J connectivity index is 1.44. The zero-order valence-electron chi connectivity index (χ0n) is 15.5. The maximum Gasteiger partial charge on any atom is 0.252 e. The first-order valence-electron chi connectivity index (χ1n) is 9.65. The van der Waals surface area contributed by atoms with Gasteiger partial charge in [-0.05, 0) is 66.8 Å². The van der Waals surface area contributed by atoms with Crippen LogP contribution in [0.5, 0.6) is 0 Å². The van der Waals surface area contributed by atoms with Crippen molar-refractivity contribution in [1.29, 1.82) is 0 Å². The molecule has 0 bridgehead atoms. The summed E-state index contributed by atoms with van der Waals surface area (Å²) in [6, 6.07) is 7.29. The van der Waals surface area contributed by atoms with Crippen LogP contribution in [0.2, 0.25) is 0 Å². The number of carbonyl (C=O) groups excluding carboxylic acids is 3. The third-order valence-electron chi connectivity index (χ3n) is 5.38. The van der Waals surface area contributed by atoms with Gasteiger partial charge < -0.3 is 15.1 Å². The lowest BCUT2D eigenvalue weighted by Gasteiger charge is -2.35. The standard InChI is InChI=1S/C20H26IN3O3/c21-17-7-3-2-6-16(17)19(26)22-14-18(25)23-12-8-15(9-13-23)20(27)24-10-4-1-5-11-24/h2-3,6-7,15H,1,4-5,8-14H2,(H,22,26). The maximum atomic E-state index is 12.6. The summed E-state index contributed by atoms with van der Waals surface area (Å²) < 4.78 is 0.858. The van der Waals surface area contributed by atoms with Gasteiger partial charge in [-0.15, -0.1) is 0 Å². The number of benzene rings is 1. The van der Waals surface area contributed by atoms with E-state index in [0.29, 0.717) is 31.5 Å². The summed E-state index contributed by atoms with van der Waals surface area (Å²) in [5.74, 6) is -0.0249. The molecule has 0 aliphatic carbocycles. The molecule has 27 heavy (non-hydrogen) atoms. The second-order valence-corrected chi connectivity index (χ2v) is 8.37. The quantitative estimate of drug-likeness (QED) is 0.669. The van der Waals surface area contributed by atoms with Gasteiger partial charge in [-0.2, -0.15) is 0 Å². The van der Waals surface area contributed by atoms with E-state index >= 15 is 0 Å². The molecule has 2 aliphatic rings. The molecule has 7 heteroatoms. The fourth-order valence-corrected chi connectivity index (χ4v) is 4.39. The highest BCUT2D eigenvalue weighted by molar-refractivity contribution is 14.1. The highest BCUT2D eigenvalue weighted by Gasteiger charge is 2.30. The molecule has 1 N–H and O–H groups in total. The fraction of sp³-hybridized carbons (Fsp3) is 0.550. The van der Waals surface area contributed by atoms with E-state index in [-0.39, 0.29) is 30.2 Å². The van der Waals surface area contributed by atoms with Crippen LogP contribution in [0.15, 0.2) is 24.3 Å². The van der Waals surface area contributed by atoms with E-state index in [1.807, 2.05) is 23.1 Å². The fourth-order valence-electron chi connectivity index (χ4n) is 3.76. The van der Waals surface area contributed by atoms with E-state index in [9.17, 15) is 14.4 Å². The average Bonchev–Trinajstić information content (AvgIpc) is 2.72. The summed E-state index contributed by atoms with van der Waals surface area (Å²) in [6.07, 6.45) is 4.84. The molecule has 1 aromatic carbocycles. The van der Waals surface area contributed by atoms with E-state index in [1.165, 1.54) is 6.42 Å². The van der Waals surface area contributed by atoms with E-state index in [4.69, 9.17) is 0 Å². The molecule has 0 aromatic heterocycles. The van der Waals surface area contributed by atoms with E-state index in [0.717, 1.165) is 29.5 Å². The highest BCUT2D eigenvalue weighted by Crippen LogP contribution is 2.22. The Morgan fingerprint density at radius 3 is 2.30 bits per heavy atom. The van der Waals surface area contributed by atoms with Crippen LogP contribution in [-0.4, -0.2) is 60.2 Å². The van der Waals surface area contributed by atoms with Crippen molar-refractivity contribution in [2.45, 2.75) is 32.1 Å². The SMILES string of the molecule is O=C(NCC(=O)N1CCC(C(=O)N2CCCCC2)CC1)c1ccccc1I. The van der Waals surface area contributed by atoms with Crippen LogP contribution in [0.4, 0.5) is 0 Å². The van der Waals surface area contributed by atoms with Crippen molar-refractivity contribution in [2.75, 3.05) is 32.7 Å². The first-order chi connectivity index (χ1) is 13.1. The van der Waals surface area contributed by atoms with Gasteiger partial charge in [0.05, 0.1) is 12.1 Å². The number of hydrogen-bond donors (Lipinski definition) is 1. The molecule has 6 nitrogen and oxygen atoms in total. The van der Waals surface area contributed by atoms with E-state index < -0.39 is 0 Å². The molecule has 0 spiro atoms. The van der Waals surface area contributed by atoms with Gasteiger partial charge in [0.15, 0.2) is 0 Å². The van der Waals surface area contributed by atoms with Crippen LogP contribution < -0.4 is 5.32 Å². The third kappa shape index (κ3) is 5.21. The largest absolute Gasteiger partial charge is 0.343 e. The van der Waals surface area contributed by atoms with Gasteiger partial charge >= 0.3 is 0 Å². The van der Waals surface area contributed by atoms with Gasteiger partial charge in [0.1, 0.15) is 0 Å². The predicted octanol–water partition coefficient (Wildman–Crippen LogP) is 2.27. The minimum atomic E-state index is -0.233. The van der Waals surface area contributed by atoms with Crippen molar-refractivity contribution in [3.63, 3.8) is 0 Å². The molecule has 0 unspecified atom stereocenters. The zero-order valence-corrected chi connectivity index (χ0v) is 17.6. The van der Waals surface area contributed by atoms with Gasteiger partial charge in [0.2, 0.25) is 11.8 Å². The van der Waals surface area contributed by atoms with Crippen molar-refractivity contribution in [3.8, 4) is 0 Å². The molecule has 2 saturated heterocycles. The number of halogens is 1. The van der Waals surface area contributed by atoms with Gasteiger partial charge in [-0.3, -0.25) is 14.4 Å². The van der Waals surface area contributed by atoms with Crippen LogP contribution in [0.25, 0.3) is 0 Å². The third-order valence-corrected chi connectivity index (χ3v) is 6.32. The minimum Gasteiger partial charge on any atom is -0.343 e. The minimum absolute atomic E-state index is 0.00541. The van der Waals surface area contributed by atoms with Gasteiger partial charge in [-0.25, -0.2) is 0 Å². The van der Waals surface area contributed by atoms with Crippen molar-refractivity contribution in [2.24, 2.45) is 5.92 Å².